The molecule has 2 heteroatoms. The van der Waals surface area contributed by atoms with Crippen LogP contribution in [0.25, 0.3) is 11.0 Å². The van der Waals surface area contributed by atoms with Crippen molar-refractivity contribution in [1.29, 1.82) is 0 Å². The Morgan fingerprint density at radius 3 is 1.74 bits per heavy atom. The average molecular weight is 256 g/mol. The summed E-state index contributed by atoms with van der Waals surface area (Å²) in [6.07, 6.45) is 0. The molecular formula is C17H24N2. The minimum atomic E-state index is 0.0530. The van der Waals surface area contributed by atoms with Gasteiger partial charge in [-0.1, -0.05) is 20.8 Å². The van der Waals surface area contributed by atoms with Crippen LogP contribution in [0.15, 0.2) is 0 Å². The van der Waals surface area contributed by atoms with Gasteiger partial charge in [-0.2, -0.15) is 0 Å². The Morgan fingerprint density at radius 1 is 0.684 bits per heavy atom. The molecule has 2 heterocycles. The normalized spacial score (nSPS) is 12.2. The zero-order valence-electron chi connectivity index (χ0n) is 13.4. The van der Waals surface area contributed by atoms with Gasteiger partial charge in [-0.05, 0) is 56.9 Å². The molecule has 0 radical (unpaired) electrons. The summed E-state index contributed by atoms with van der Waals surface area (Å²) in [7, 11) is 0. The van der Waals surface area contributed by atoms with Crippen molar-refractivity contribution in [3.05, 3.63) is 33.6 Å². The Balaban J connectivity index is 2.97. The van der Waals surface area contributed by atoms with Gasteiger partial charge in [-0.25, -0.2) is 9.97 Å². The molecular weight excluding hydrogens is 232 g/mol. The standard InChI is InChI=1S/C17H24N2/c1-9-10(2)14-11(3)12(4)15(17(6,7)8)19-16(14)18-13(9)5/h1-8H3. The summed E-state index contributed by atoms with van der Waals surface area (Å²) in [6.45, 7) is 17.4. The van der Waals surface area contributed by atoms with E-state index in [4.69, 9.17) is 9.97 Å². The van der Waals surface area contributed by atoms with E-state index in [0.717, 1.165) is 17.0 Å². The molecule has 0 aromatic carbocycles. The SMILES string of the molecule is Cc1nc2nc(C(C)(C)C)c(C)c(C)c2c(C)c1C. The molecule has 2 aromatic rings. The molecule has 102 valence electrons. The highest BCUT2D eigenvalue weighted by molar-refractivity contribution is 5.85. The van der Waals surface area contributed by atoms with Crippen LogP contribution in [0.3, 0.4) is 0 Å². The second-order valence-corrected chi connectivity index (χ2v) is 6.61. The molecule has 0 fully saturated rings. The fraction of sp³-hybridized carbons (Fsp3) is 0.529. The molecule has 0 saturated carbocycles. The van der Waals surface area contributed by atoms with Crippen molar-refractivity contribution in [2.24, 2.45) is 0 Å². The first kappa shape index (κ1) is 14.0. The lowest BCUT2D eigenvalue weighted by molar-refractivity contribution is 0.565. The number of aryl methyl sites for hydroxylation is 3. The van der Waals surface area contributed by atoms with Gasteiger partial charge in [0.2, 0.25) is 0 Å². The summed E-state index contributed by atoms with van der Waals surface area (Å²) in [6, 6.07) is 0. The van der Waals surface area contributed by atoms with Gasteiger partial charge in [0.15, 0.2) is 5.65 Å². The van der Waals surface area contributed by atoms with Crippen LogP contribution in [0, 0.1) is 34.6 Å². The molecule has 0 aliphatic heterocycles. The Labute approximate surface area is 116 Å². The van der Waals surface area contributed by atoms with Gasteiger partial charge >= 0.3 is 0 Å². The van der Waals surface area contributed by atoms with E-state index in [1.54, 1.807) is 0 Å². The monoisotopic (exact) mass is 256 g/mol. The van der Waals surface area contributed by atoms with E-state index in [1.807, 2.05) is 0 Å². The van der Waals surface area contributed by atoms with E-state index >= 15 is 0 Å². The molecule has 19 heavy (non-hydrogen) atoms. The van der Waals surface area contributed by atoms with Crippen LogP contribution in [0.5, 0.6) is 0 Å². The van der Waals surface area contributed by atoms with Gasteiger partial charge in [0, 0.05) is 16.5 Å². The van der Waals surface area contributed by atoms with Gasteiger partial charge in [0.25, 0.3) is 0 Å². The Hall–Kier alpha value is -1.44. The predicted molar refractivity (Wildman–Crippen MR) is 81.9 cm³/mol. The summed E-state index contributed by atoms with van der Waals surface area (Å²) in [5.74, 6) is 0. The van der Waals surface area contributed by atoms with Crippen LogP contribution in [-0.4, -0.2) is 9.97 Å². The number of fused-ring (bicyclic) bond motifs is 1. The number of hydrogen-bond acceptors (Lipinski definition) is 2. The van der Waals surface area contributed by atoms with Crippen LogP contribution >= 0.6 is 0 Å². The van der Waals surface area contributed by atoms with Crippen molar-refractivity contribution in [1.82, 2.24) is 9.97 Å². The average Bonchev–Trinajstić information content (AvgIpc) is 2.29. The molecule has 2 rings (SSSR count). The lowest BCUT2D eigenvalue weighted by Gasteiger charge is -2.23. The van der Waals surface area contributed by atoms with Crippen LogP contribution in [-0.2, 0) is 5.41 Å². The third-order valence-electron chi connectivity index (χ3n) is 4.20. The first-order valence-corrected chi connectivity index (χ1v) is 6.89. The van der Waals surface area contributed by atoms with Crippen molar-refractivity contribution in [3.63, 3.8) is 0 Å². The van der Waals surface area contributed by atoms with Crippen molar-refractivity contribution >= 4 is 11.0 Å². The van der Waals surface area contributed by atoms with Crippen molar-refractivity contribution in [2.75, 3.05) is 0 Å². The van der Waals surface area contributed by atoms with E-state index in [1.165, 1.54) is 27.6 Å². The van der Waals surface area contributed by atoms with Crippen LogP contribution in [0.4, 0.5) is 0 Å². The Kier molecular flexibility index (Phi) is 3.16. The highest BCUT2D eigenvalue weighted by Gasteiger charge is 2.22. The fourth-order valence-electron chi connectivity index (χ4n) is 2.74. The Morgan fingerprint density at radius 2 is 1.21 bits per heavy atom. The number of rotatable bonds is 0. The molecule has 2 nitrogen and oxygen atoms in total. The van der Waals surface area contributed by atoms with E-state index in [-0.39, 0.29) is 5.41 Å². The first-order chi connectivity index (χ1) is 8.64. The molecule has 0 amide bonds. The lowest BCUT2D eigenvalue weighted by atomic mass is 9.86. The summed E-state index contributed by atoms with van der Waals surface area (Å²) in [4.78, 5) is 9.56. The smallest absolute Gasteiger partial charge is 0.160 e. The maximum Gasteiger partial charge on any atom is 0.160 e. The molecule has 0 saturated heterocycles. The molecule has 0 aliphatic carbocycles. The second kappa shape index (κ2) is 4.29. The van der Waals surface area contributed by atoms with E-state index in [9.17, 15) is 0 Å². The molecule has 2 aromatic heterocycles. The van der Waals surface area contributed by atoms with Crippen LogP contribution in [0.2, 0.25) is 0 Å². The fourth-order valence-corrected chi connectivity index (χ4v) is 2.74. The number of aromatic nitrogens is 2. The predicted octanol–water partition coefficient (Wildman–Crippen LogP) is 4.47. The summed E-state index contributed by atoms with van der Waals surface area (Å²) in [5.41, 5.74) is 8.41. The second-order valence-electron chi connectivity index (χ2n) is 6.61. The Bertz CT molecular complexity index is 661. The molecule has 0 bridgehead atoms. The van der Waals surface area contributed by atoms with Gasteiger partial charge in [-0.15, -0.1) is 0 Å². The maximum absolute atomic E-state index is 4.86. The number of hydrogen-bond donors (Lipinski definition) is 0. The van der Waals surface area contributed by atoms with Crippen LogP contribution in [0.1, 0.15) is 54.4 Å². The molecule has 0 spiro atoms. The lowest BCUT2D eigenvalue weighted by Crippen LogP contribution is -2.17. The van der Waals surface area contributed by atoms with E-state index < -0.39 is 0 Å². The van der Waals surface area contributed by atoms with Gasteiger partial charge in [0.05, 0.1) is 5.69 Å². The van der Waals surface area contributed by atoms with Crippen molar-refractivity contribution < 1.29 is 0 Å². The highest BCUT2D eigenvalue weighted by Crippen LogP contribution is 2.32. The zero-order chi connectivity index (χ0) is 14.5. The van der Waals surface area contributed by atoms with E-state index in [2.05, 4.69) is 55.4 Å². The summed E-state index contributed by atoms with van der Waals surface area (Å²) >= 11 is 0. The molecule has 0 unspecified atom stereocenters. The van der Waals surface area contributed by atoms with Crippen LogP contribution < -0.4 is 0 Å². The summed E-state index contributed by atoms with van der Waals surface area (Å²) < 4.78 is 0. The maximum atomic E-state index is 4.86. The number of pyridine rings is 2. The third kappa shape index (κ3) is 2.13. The molecule has 0 atom stereocenters. The third-order valence-corrected chi connectivity index (χ3v) is 4.20. The quantitative estimate of drug-likeness (QED) is 0.695. The first-order valence-electron chi connectivity index (χ1n) is 6.89. The van der Waals surface area contributed by atoms with Gasteiger partial charge in [0.1, 0.15) is 0 Å². The largest absolute Gasteiger partial charge is 0.233 e. The molecule has 0 N–H and O–H groups in total. The minimum absolute atomic E-state index is 0.0530. The zero-order valence-corrected chi connectivity index (χ0v) is 13.4. The number of nitrogens with zero attached hydrogens (tertiary/aromatic N) is 2. The van der Waals surface area contributed by atoms with Gasteiger partial charge in [-0.3, -0.25) is 0 Å². The molecule has 0 aliphatic rings. The summed E-state index contributed by atoms with van der Waals surface area (Å²) in [5, 5.41) is 1.23. The van der Waals surface area contributed by atoms with Crippen molar-refractivity contribution in [2.45, 2.75) is 60.8 Å². The highest BCUT2D eigenvalue weighted by atomic mass is 14.9. The topological polar surface area (TPSA) is 25.8 Å². The van der Waals surface area contributed by atoms with Crippen molar-refractivity contribution in [3.8, 4) is 0 Å². The van der Waals surface area contributed by atoms with E-state index in [0.29, 0.717) is 0 Å². The minimum Gasteiger partial charge on any atom is -0.233 e. The van der Waals surface area contributed by atoms with Gasteiger partial charge < -0.3 is 0 Å².